The van der Waals surface area contributed by atoms with Gasteiger partial charge in [-0.2, -0.15) is 0 Å². The van der Waals surface area contributed by atoms with Crippen molar-refractivity contribution < 1.29 is 19.8 Å². The summed E-state index contributed by atoms with van der Waals surface area (Å²) in [6.07, 6.45) is 0.0845. The first-order chi connectivity index (χ1) is 5.70. The van der Waals surface area contributed by atoms with Crippen molar-refractivity contribution in [2.75, 3.05) is 0 Å². The fraction of sp³-hybridized carbons (Fsp3) is 0.778. The van der Waals surface area contributed by atoms with E-state index >= 15 is 0 Å². The number of carbonyl (C=O) groups is 2. The SMILES string of the molecule is CCC(C(=O)O)(C(=O)O)C(C)(C)C.[NaH]. The number of aliphatic carboxylic acids is 2. The second-order valence-corrected chi connectivity index (χ2v) is 4.12. The predicted molar refractivity (Wildman–Crippen MR) is 54.6 cm³/mol. The summed E-state index contributed by atoms with van der Waals surface area (Å²) in [5.41, 5.74) is -2.48. The average Bonchev–Trinajstić information content (AvgIpc) is 1.83. The minimum absolute atomic E-state index is 0. The Morgan fingerprint density at radius 3 is 1.36 bits per heavy atom. The summed E-state index contributed by atoms with van der Waals surface area (Å²) >= 11 is 0. The summed E-state index contributed by atoms with van der Waals surface area (Å²) in [5, 5.41) is 17.9. The molecule has 0 aromatic carbocycles. The molecule has 0 bridgehead atoms. The van der Waals surface area contributed by atoms with E-state index in [1.54, 1.807) is 27.7 Å². The molecule has 0 amide bonds. The van der Waals surface area contributed by atoms with Gasteiger partial charge in [0.1, 0.15) is 0 Å². The second-order valence-electron chi connectivity index (χ2n) is 4.12. The van der Waals surface area contributed by atoms with Crippen molar-refractivity contribution in [3.63, 3.8) is 0 Å². The van der Waals surface area contributed by atoms with Crippen LogP contribution in [0.5, 0.6) is 0 Å². The summed E-state index contributed by atoms with van der Waals surface area (Å²) in [4.78, 5) is 21.9. The van der Waals surface area contributed by atoms with Gasteiger partial charge < -0.3 is 10.2 Å². The van der Waals surface area contributed by atoms with Gasteiger partial charge in [-0.1, -0.05) is 27.7 Å². The quantitative estimate of drug-likeness (QED) is 0.539. The topological polar surface area (TPSA) is 74.6 Å². The van der Waals surface area contributed by atoms with Crippen LogP contribution in [0, 0.1) is 10.8 Å². The van der Waals surface area contributed by atoms with Crippen LogP contribution < -0.4 is 0 Å². The third kappa shape index (κ3) is 2.49. The first-order valence-corrected chi connectivity index (χ1v) is 4.17. The van der Waals surface area contributed by atoms with E-state index in [4.69, 9.17) is 10.2 Å². The van der Waals surface area contributed by atoms with E-state index in [0.29, 0.717) is 0 Å². The summed E-state index contributed by atoms with van der Waals surface area (Å²) in [5.74, 6) is -2.54. The molecule has 2 N–H and O–H groups in total. The number of carboxylic acids is 2. The molecule has 0 aliphatic carbocycles. The summed E-state index contributed by atoms with van der Waals surface area (Å²) in [7, 11) is 0. The first kappa shape index (κ1) is 16.4. The molecule has 0 atom stereocenters. The molecule has 0 unspecified atom stereocenters. The summed E-state index contributed by atoms with van der Waals surface area (Å²) in [6, 6.07) is 0. The van der Waals surface area contributed by atoms with E-state index in [1.807, 2.05) is 0 Å². The van der Waals surface area contributed by atoms with Crippen molar-refractivity contribution in [1.82, 2.24) is 0 Å². The van der Waals surface area contributed by atoms with Gasteiger partial charge in [0.2, 0.25) is 0 Å². The first-order valence-electron chi connectivity index (χ1n) is 4.17. The number of hydrogen-bond acceptors (Lipinski definition) is 2. The van der Waals surface area contributed by atoms with Crippen molar-refractivity contribution in [2.24, 2.45) is 10.8 Å². The Bertz CT molecular complexity index is 215. The molecule has 0 saturated carbocycles. The van der Waals surface area contributed by atoms with Gasteiger partial charge in [0.25, 0.3) is 0 Å². The van der Waals surface area contributed by atoms with Crippen LogP contribution in [0.3, 0.4) is 0 Å². The van der Waals surface area contributed by atoms with E-state index in [1.165, 1.54) is 0 Å². The van der Waals surface area contributed by atoms with Crippen LogP contribution in [0.2, 0.25) is 0 Å². The van der Waals surface area contributed by atoms with Gasteiger partial charge in [0.05, 0.1) is 0 Å². The van der Waals surface area contributed by atoms with Gasteiger partial charge in [-0.05, 0) is 11.8 Å². The molecule has 0 rings (SSSR count). The molecule has 78 valence electrons. The Hall–Kier alpha value is -0.0600. The van der Waals surface area contributed by atoms with Gasteiger partial charge in [0, 0.05) is 0 Å². The number of hydrogen-bond donors (Lipinski definition) is 2. The Kier molecular flexibility index (Phi) is 6.01. The van der Waals surface area contributed by atoms with Crippen molar-refractivity contribution in [1.29, 1.82) is 0 Å². The van der Waals surface area contributed by atoms with Gasteiger partial charge in [-0.3, -0.25) is 9.59 Å². The van der Waals surface area contributed by atoms with Crippen molar-refractivity contribution in [3.8, 4) is 0 Å². The van der Waals surface area contributed by atoms with Crippen LogP contribution in [0.15, 0.2) is 0 Å². The molecule has 0 aromatic heterocycles. The van der Waals surface area contributed by atoms with Gasteiger partial charge >= 0.3 is 41.5 Å². The molecule has 4 nitrogen and oxygen atoms in total. The minimum atomic E-state index is -1.69. The third-order valence-electron chi connectivity index (χ3n) is 2.54. The van der Waals surface area contributed by atoms with Crippen LogP contribution in [-0.4, -0.2) is 51.7 Å². The van der Waals surface area contributed by atoms with Gasteiger partial charge in [-0.15, -0.1) is 0 Å². The second kappa shape index (κ2) is 5.14. The molecule has 0 aromatic rings. The van der Waals surface area contributed by atoms with Gasteiger partial charge in [0.15, 0.2) is 5.41 Å². The maximum absolute atomic E-state index is 11.0. The monoisotopic (exact) mass is 212 g/mol. The van der Waals surface area contributed by atoms with Gasteiger partial charge in [-0.25, -0.2) is 0 Å². The van der Waals surface area contributed by atoms with E-state index in [-0.39, 0.29) is 36.0 Å². The predicted octanol–water partition coefficient (Wildman–Crippen LogP) is 0.950. The molecule has 0 aliphatic rings. The molecule has 0 spiro atoms. The van der Waals surface area contributed by atoms with Crippen molar-refractivity contribution >= 4 is 41.5 Å². The molecule has 0 heterocycles. The zero-order chi connectivity index (χ0) is 10.9. The van der Waals surface area contributed by atoms with E-state index < -0.39 is 22.8 Å². The van der Waals surface area contributed by atoms with Crippen molar-refractivity contribution in [3.05, 3.63) is 0 Å². The van der Waals surface area contributed by atoms with E-state index in [2.05, 4.69) is 0 Å². The Morgan fingerprint density at radius 2 is 1.36 bits per heavy atom. The van der Waals surface area contributed by atoms with E-state index in [0.717, 1.165) is 0 Å². The molecule has 0 saturated heterocycles. The summed E-state index contributed by atoms with van der Waals surface area (Å²) in [6.45, 7) is 6.45. The number of rotatable bonds is 3. The van der Waals surface area contributed by atoms with Crippen LogP contribution >= 0.6 is 0 Å². The average molecular weight is 212 g/mol. The molecular formula is C9H17NaO4. The van der Waals surface area contributed by atoms with E-state index in [9.17, 15) is 9.59 Å². The Morgan fingerprint density at radius 1 is 1.07 bits per heavy atom. The van der Waals surface area contributed by atoms with Crippen molar-refractivity contribution in [2.45, 2.75) is 34.1 Å². The van der Waals surface area contributed by atoms with Crippen LogP contribution in [-0.2, 0) is 9.59 Å². The summed E-state index contributed by atoms with van der Waals surface area (Å²) < 4.78 is 0. The van der Waals surface area contributed by atoms with Crippen LogP contribution in [0.25, 0.3) is 0 Å². The Balaban J connectivity index is 0. The zero-order valence-electron chi connectivity index (χ0n) is 8.42. The molecule has 0 fully saturated rings. The standard InChI is InChI=1S/C9H16O4.Na.H/c1-5-9(6(10)11,7(12)13)8(2,3)4;;/h5H2,1-4H3,(H,10,11)(H,12,13);;. The normalized spacial score (nSPS) is 11.7. The Labute approximate surface area is 106 Å². The third-order valence-corrected chi connectivity index (χ3v) is 2.54. The number of carboxylic acid groups (broad SMARTS) is 2. The molecule has 0 aliphatic heterocycles. The molecule has 5 heteroatoms. The zero-order valence-corrected chi connectivity index (χ0v) is 8.42. The molecular weight excluding hydrogens is 195 g/mol. The molecule has 0 radical (unpaired) electrons. The van der Waals surface area contributed by atoms with Crippen LogP contribution in [0.1, 0.15) is 34.1 Å². The van der Waals surface area contributed by atoms with Crippen LogP contribution in [0.4, 0.5) is 0 Å². The fourth-order valence-corrected chi connectivity index (χ4v) is 1.57. The maximum atomic E-state index is 11.0. The molecule has 14 heavy (non-hydrogen) atoms. The fourth-order valence-electron chi connectivity index (χ4n) is 1.57.